The number of rotatable bonds is 5. The zero-order valence-electron chi connectivity index (χ0n) is 14.5. The molecule has 0 bridgehead atoms. The minimum Gasteiger partial charge on any atom is -0.359 e. The molecule has 6 nitrogen and oxygen atoms in total. The van der Waals surface area contributed by atoms with Crippen LogP contribution in [0.4, 0.5) is 0 Å². The fraction of sp³-hybridized carbons (Fsp3) is 0.412. The maximum atomic E-state index is 12.7. The Morgan fingerprint density at radius 1 is 1.16 bits per heavy atom. The standard InChI is InChI=1S/C17H23N3O3S2/c1-13(2)12-18-17(24)19-8-10-20(11-9-19)25(22,23)16-6-4-15(5-7-16)14(3)21/h4-7H,1,8-12H2,2-3H3,(H,18,24). The van der Waals surface area contributed by atoms with E-state index in [1.165, 1.54) is 23.4 Å². The Balaban J connectivity index is 2.00. The fourth-order valence-corrected chi connectivity index (χ4v) is 4.16. The molecular weight excluding hydrogens is 358 g/mol. The fourth-order valence-electron chi connectivity index (χ4n) is 2.48. The van der Waals surface area contributed by atoms with Gasteiger partial charge in [0.25, 0.3) is 0 Å². The van der Waals surface area contributed by atoms with Crippen LogP contribution in [0.15, 0.2) is 41.3 Å². The van der Waals surface area contributed by atoms with E-state index in [1.54, 1.807) is 12.1 Å². The van der Waals surface area contributed by atoms with Gasteiger partial charge in [0.05, 0.1) is 4.90 Å². The first-order valence-corrected chi connectivity index (χ1v) is 9.85. The first-order valence-electron chi connectivity index (χ1n) is 8.00. The van der Waals surface area contributed by atoms with Gasteiger partial charge < -0.3 is 10.2 Å². The van der Waals surface area contributed by atoms with Crippen LogP contribution in [-0.4, -0.2) is 61.2 Å². The molecule has 1 aromatic carbocycles. The van der Waals surface area contributed by atoms with Gasteiger partial charge in [-0.2, -0.15) is 4.31 Å². The quantitative estimate of drug-likeness (QED) is 0.475. The molecule has 0 aromatic heterocycles. The molecule has 0 unspecified atom stereocenters. The number of thiocarbonyl (C=S) groups is 1. The second-order valence-corrected chi connectivity index (χ2v) is 8.41. The van der Waals surface area contributed by atoms with Gasteiger partial charge in [-0.3, -0.25) is 4.79 Å². The van der Waals surface area contributed by atoms with E-state index >= 15 is 0 Å². The van der Waals surface area contributed by atoms with E-state index in [-0.39, 0.29) is 10.7 Å². The molecule has 0 atom stereocenters. The summed E-state index contributed by atoms with van der Waals surface area (Å²) >= 11 is 5.33. The molecular formula is C17H23N3O3S2. The van der Waals surface area contributed by atoms with Gasteiger partial charge in [0.1, 0.15) is 0 Å². The molecule has 0 spiro atoms. The van der Waals surface area contributed by atoms with Crippen molar-refractivity contribution >= 4 is 33.1 Å². The molecule has 0 amide bonds. The Bertz CT molecular complexity index is 765. The molecule has 1 aliphatic rings. The summed E-state index contributed by atoms with van der Waals surface area (Å²) in [4.78, 5) is 13.5. The van der Waals surface area contributed by atoms with Gasteiger partial charge in [0, 0.05) is 38.3 Å². The molecule has 136 valence electrons. The number of sulfonamides is 1. The Kier molecular flexibility index (Phi) is 6.31. The lowest BCUT2D eigenvalue weighted by molar-refractivity contribution is 0.101. The topological polar surface area (TPSA) is 69.7 Å². The minimum atomic E-state index is -3.56. The SMILES string of the molecule is C=C(C)CNC(=S)N1CCN(S(=O)(=O)c2ccc(C(C)=O)cc2)CC1. The Morgan fingerprint density at radius 3 is 2.20 bits per heavy atom. The Morgan fingerprint density at radius 2 is 1.72 bits per heavy atom. The van der Waals surface area contributed by atoms with Crippen LogP contribution < -0.4 is 5.32 Å². The number of carbonyl (C=O) groups is 1. The highest BCUT2D eigenvalue weighted by Gasteiger charge is 2.29. The molecule has 8 heteroatoms. The number of Topliss-reactive ketones (excluding diaryl/α,β-unsaturated/α-hetero) is 1. The van der Waals surface area contributed by atoms with Crippen molar-refractivity contribution in [2.75, 3.05) is 32.7 Å². The second kappa shape index (κ2) is 8.07. The van der Waals surface area contributed by atoms with E-state index in [1.807, 2.05) is 11.8 Å². The third-order valence-corrected chi connectivity index (χ3v) is 6.28. The normalized spacial score (nSPS) is 15.7. The van der Waals surface area contributed by atoms with E-state index in [2.05, 4.69) is 11.9 Å². The summed E-state index contributed by atoms with van der Waals surface area (Å²) < 4.78 is 26.9. The van der Waals surface area contributed by atoms with E-state index in [0.29, 0.717) is 43.4 Å². The van der Waals surface area contributed by atoms with Crippen LogP contribution in [-0.2, 0) is 10.0 Å². The maximum Gasteiger partial charge on any atom is 0.243 e. The number of benzene rings is 1. The molecule has 1 saturated heterocycles. The first-order chi connectivity index (χ1) is 11.7. The zero-order chi connectivity index (χ0) is 18.6. The molecule has 0 aliphatic carbocycles. The number of hydrogen-bond donors (Lipinski definition) is 1. The van der Waals surface area contributed by atoms with Crippen LogP contribution in [0.25, 0.3) is 0 Å². The molecule has 1 aromatic rings. The van der Waals surface area contributed by atoms with Crippen molar-refractivity contribution in [3.63, 3.8) is 0 Å². The number of ketones is 1. The molecule has 25 heavy (non-hydrogen) atoms. The summed E-state index contributed by atoms with van der Waals surface area (Å²) in [7, 11) is -3.56. The highest BCUT2D eigenvalue weighted by Crippen LogP contribution is 2.18. The highest BCUT2D eigenvalue weighted by molar-refractivity contribution is 7.89. The van der Waals surface area contributed by atoms with E-state index in [9.17, 15) is 13.2 Å². The van der Waals surface area contributed by atoms with Crippen molar-refractivity contribution in [2.24, 2.45) is 0 Å². The predicted molar refractivity (Wildman–Crippen MR) is 102 cm³/mol. The van der Waals surface area contributed by atoms with E-state index < -0.39 is 10.0 Å². The van der Waals surface area contributed by atoms with Gasteiger partial charge in [-0.25, -0.2) is 8.42 Å². The molecule has 1 N–H and O–H groups in total. The molecule has 0 radical (unpaired) electrons. The van der Waals surface area contributed by atoms with Crippen LogP contribution in [0.2, 0.25) is 0 Å². The lowest BCUT2D eigenvalue weighted by Gasteiger charge is -2.35. The van der Waals surface area contributed by atoms with E-state index in [4.69, 9.17) is 12.2 Å². The van der Waals surface area contributed by atoms with Crippen molar-refractivity contribution in [1.29, 1.82) is 0 Å². The summed E-state index contributed by atoms with van der Waals surface area (Å²) in [6, 6.07) is 6.05. The first kappa shape index (κ1) is 19.6. The maximum absolute atomic E-state index is 12.7. The van der Waals surface area contributed by atoms with Crippen molar-refractivity contribution in [3.05, 3.63) is 42.0 Å². The van der Waals surface area contributed by atoms with Crippen molar-refractivity contribution in [1.82, 2.24) is 14.5 Å². The number of nitrogens with one attached hydrogen (secondary N) is 1. The third-order valence-electron chi connectivity index (χ3n) is 3.97. The number of piperazine rings is 1. The van der Waals surface area contributed by atoms with Gasteiger partial charge in [-0.15, -0.1) is 0 Å². The van der Waals surface area contributed by atoms with Gasteiger partial charge in [-0.1, -0.05) is 24.3 Å². The smallest absolute Gasteiger partial charge is 0.243 e. The zero-order valence-corrected chi connectivity index (χ0v) is 16.1. The average molecular weight is 382 g/mol. The summed E-state index contributed by atoms with van der Waals surface area (Å²) in [5, 5.41) is 3.73. The highest BCUT2D eigenvalue weighted by atomic mass is 32.2. The summed E-state index contributed by atoms with van der Waals surface area (Å²) in [5.74, 6) is -0.0895. The molecule has 2 rings (SSSR count). The molecule has 1 fully saturated rings. The lowest BCUT2D eigenvalue weighted by Crippen LogP contribution is -2.53. The van der Waals surface area contributed by atoms with Crippen molar-refractivity contribution < 1.29 is 13.2 Å². The summed E-state index contributed by atoms with van der Waals surface area (Å²) in [6.07, 6.45) is 0. The molecule has 0 saturated carbocycles. The number of carbonyl (C=O) groups excluding carboxylic acids is 1. The largest absolute Gasteiger partial charge is 0.359 e. The van der Waals surface area contributed by atoms with Gasteiger partial charge in [0.2, 0.25) is 10.0 Å². The minimum absolute atomic E-state index is 0.0895. The van der Waals surface area contributed by atoms with Gasteiger partial charge in [0.15, 0.2) is 10.9 Å². The Labute approximate surface area is 154 Å². The lowest BCUT2D eigenvalue weighted by atomic mass is 10.2. The molecule has 1 heterocycles. The van der Waals surface area contributed by atoms with Crippen LogP contribution in [0.3, 0.4) is 0 Å². The number of hydrogen-bond acceptors (Lipinski definition) is 4. The average Bonchev–Trinajstić information content (AvgIpc) is 2.59. The number of nitrogens with zero attached hydrogens (tertiary/aromatic N) is 2. The van der Waals surface area contributed by atoms with Crippen LogP contribution >= 0.6 is 12.2 Å². The van der Waals surface area contributed by atoms with E-state index in [0.717, 1.165) is 5.57 Å². The predicted octanol–water partition coefficient (Wildman–Crippen LogP) is 1.65. The van der Waals surface area contributed by atoms with Crippen LogP contribution in [0.1, 0.15) is 24.2 Å². The van der Waals surface area contributed by atoms with Gasteiger partial charge >= 0.3 is 0 Å². The summed E-state index contributed by atoms with van der Waals surface area (Å²) in [6.45, 7) is 9.60. The van der Waals surface area contributed by atoms with Crippen molar-refractivity contribution in [3.8, 4) is 0 Å². The van der Waals surface area contributed by atoms with Crippen LogP contribution in [0, 0.1) is 0 Å². The second-order valence-electron chi connectivity index (χ2n) is 6.09. The van der Waals surface area contributed by atoms with Gasteiger partial charge in [-0.05, 0) is 38.2 Å². The van der Waals surface area contributed by atoms with Crippen molar-refractivity contribution in [2.45, 2.75) is 18.7 Å². The third kappa shape index (κ3) is 4.87. The molecule has 1 aliphatic heterocycles. The Hall–Kier alpha value is -1.77. The van der Waals surface area contributed by atoms with Crippen LogP contribution in [0.5, 0.6) is 0 Å². The summed E-state index contributed by atoms with van der Waals surface area (Å²) in [5.41, 5.74) is 1.48. The monoisotopic (exact) mass is 381 g/mol.